The molecule has 0 saturated heterocycles. The van der Waals surface area contributed by atoms with Crippen molar-refractivity contribution < 1.29 is 17.7 Å². The average molecular weight is 2010 g/mol. The molecule has 0 spiro atoms. The summed E-state index contributed by atoms with van der Waals surface area (Å²) in [7, 11) is 0. The number of nitrogens with zero attached hydrogens (tertiary/aromatic N) is 1. The molecule has 0 aliphatic carbocycles. The van der Waals surface area contributed by atoms with Crippen LogP contribution in [0.5, 0.6) is 0 Å². The lowest BCUT2D eigenvalue weighted by Crippen LogP contribution is -1.99. The molecule has 9 heterocycles. The molecule has 28 aromatic rings. The van der Waals surface area contributed by atoms with Crippen LogP contribution in [0.1, 0.15) is 223 Å². The molecule has 9 aromatic heterocycles. The van der Waals surface area contributed by atoms with Crippen LogP contribution in [-0.2, 0) is 0 Å². The van der Waals surface area contributed by atoms with Crippen molar-refractivity contribution in [2.45, 2.75) is 178 Å². The Kier molecular flexibility index (Phi) is 30.0. The second-order valence-electron chi connectivity index (χ2n) is 41.6. The number of hydrogen-bond donors (Lipinski definition) is 0. The van der Waals surface area contributed by atoms with Crippen molar-refractivity contribution in [3.63, 3.8) is 0 Å². The summed E-state index contributed by atoms with van der Waals surface area (Å²) < 4.78 is 37.1. The van der Waals surface area contributed by atoms with Gasteiger partial charge in [0.25, 0.3) is 0 Å². The highest BCUT2D eigenvalue weighted by molar-refractivity contribution is 7.27. The Morgan fingerprint density at radius 2 is 0.534 bits per heavy atom. The van der Waals surface area contributed by atoms with E-state index in [0.717, 1.165) is 44.7 Å². The predicted octanol–water partition coefficient (Wildman–Crippen LogP) is 45.1. The number of rotatable bonds is 9. The van der Waals surface area contributed by atoms with Gasteiger partial charge in [-0.25, -0.2) is 0 Å². The molecule has 0 atom stereocenters. The first kappa shape index (κ1) is 101. The summed E-state index contributed by atoms with van der Waals surface area (Å²) in [5, 5.41) is 26.4. The third kappa shape index (κ3) is 20.7. The van der Waals surface area contributed by atoms with Gasteiger partial charge in [0.2, 0.25) is 0 Å². The van der Waals surface area contributed by atoms with E-state index >= 15 is 0 Å². The van der Waals surface area contributed by atoms with Gasteiger partial charge < -0.3 is 22.2 Å². The van der Waals surface area contributed by atoms with Crippen molar-refractivity contribution in [3.8, 4) is 0 Å². The van der Waals surface area contributed by atoms with Gasteiger partial charge >= 0.3 is 0 Å². The van der Waals surface area contributed by atoms with Crippen LogP contribution in [0.3, 0.4) is 0 Å². The third-order valence-electron chi connectivity index (χ3n) is 28.6. The predicted molar refractivity (Wildman–Crippen MR) is 652 cm³/mol. The summed E-state index contributed by atoms with van der Waals surface area (Å²) in [6, 6.07) is 143. The van der Waals surface area contributed by atoms with Gasteiger partial charge in [0.15, 0.2) is 0 Å². The smallest absolute Gasteiger partial charge is 0.138 e. The first-order valence-electron chi connectivity index (χ1n) is 52.5. The Hall–Kier alpha value is -14.7. The van der Waals surface area contributed by atoms with Crippen molar-refractivity contribution in [1.29, 1.82) is 0 Å². The fourth-order valence-corrected chi connectivity index (χ4v) is 25.5. The molecule has 5 nitrogen and oxygen atoms in total. The van der Waals surface area contributed by atoms with Gasteiger partial charge in [-0.1, -0.05) is 402 Å². The van der Waals surface area contributed by atoms with E-state index in [1.165, 1.54) is 201 Å². The average Bonchev–Trinajstić information content (AvgIpc) is 1.58. The zero-order valence-electron chi connectivity index (χ0n) is 88.0. The van der Waals surface area contributed by atoms with Gasteiger partial charge in [0, 0.05) is 152 Å². The summed E-state index contributed by atoms with van der Waals surface area (Å²) >= 11 is 7.59. The molecule has 28 rings (SSSR count). The van der Waals surface area contributed by atoms with E-state index < -0.39 is 0 Å². The topological polar surface area (TPSA) is 57.5 Å². The highest BCUT2D eigenvalue weighted by Gasteiger charge is 2.21. The third-order valence-corrected chi connectivity index (χ3v) is 33.3. The minimum absolute atomic E-state index is 0.457. The van der Waals surface area contributed by atoms with E-state index in [2.05, 4.69) is 469 Å². The molecular weight excluding hydrogens is 1880 g/mol. The fourth-order valence-electron chi connectivity index (χ4n) is 20.7. The SMILES string of the molecule is CC(C)c1ccc2c(c1)oc1ccccc12.CC(C)c1ccc2c(c1)sc1ccccc12.CC(C)c1ccc2oc3ccccc3c2c1.CC(C)c1ccc2sc3ccccc3c2c1.CC(C)c1cccc2c1oc1ccccc12.CC(C)c1cccc2c1sc1ccccc12.CC(C)c1cccc2oc3ccccc3c12.CC(C)c1cccc2sc3ccccc3c12.CC(C)n1c2ccccc2c2c3ccccc3ccc21. The molecule has 0 N–H and O–H groups in total. The number of fused-ring (bicyclic) bond motifs is 29. The monoisotopic (exact) mass is 2000 g/mol. The molecule has 19 aromatic carbocycles. The van der Waals surface area contributed by atoms with Crippen LogP contribution in [0, 0.1) is 0 Å². The lowest BCUT2D eigenvalue weighted by atomic mass is 9.97. The van der Waals surface area contributed by atoms with Crippen molar-refractivity contribution >= 4 is 246 Å². The molecule has 0 amide bonds. The van der Waals surface area contributed by atoms with E-state index in [9.17, 15) is 0 Å². The Morgan fingerprint density at radius 3 is 1.14 bits per heavy atom. The zero-order valence-corrected chi connectivity index (χ0v) is 91.3. The minimum Gasteiger partial charge on any atom is -0.456 e. The molecule has 148 heavy (non-hydrogen) atoms. The molecular formula is C139H129NO4S4. The van der Waals surface area contributed by atoms with Gasteiger partial charge in [-0.05, 0) is 226 Å². The maximum atomic E-state index is 5.94. The molecule has 738 valence electrons. The van der Waals surface area contributed by atoms with Crippen LogP contribution in [0.15, 0.2) is 418 Å². The molecule has 0 fully saturated rings. The largest absolute Gasteiger partial charge is 0.456 e. The normalized spacial score (nSPS) is 11.7. The highest BCUT2D eigenvalue weighted by Crippen LogP contribution is 2.46. The van der Waals surface area contributed by atoms with Crippen LogP contribution in [0.25, 0.3) is 201 Å². The van der Waals surface area contributed by atoms with Crippen molar-refractivity contribution in [1.82, 2.24) is 4.57 Å². The molecule has 0 saturated carbocycles. The molecule has 9 heteroatoms. The molecule has 0 bridgehead atoms. The van der Waals surface area contributed by atoms with Crippen LogP contribution in [0.4, 0.5) is 0 Å². The van der Waals surface area contributed by atoms with Crippen LogP contribution in [0.2, 0.25) is 0 Å². The second-order valence-corrected chi connectivity index (χ2v) is 45.9. The van der Waals surface area contributed by atoms with E-state index in [-0.39, 0.29) is 0 Å². The van der Waals surface area contributed by atoms with Crippen molar-refractivity contribution in [3.05, 3.63) is 445 Å². The Morgan fingerprint density at radius 1 is 0.176 bits per heavy atom. The van der Waals surface area contributed by atoms with Crippen molar-refractivity contribution in [2.24, 2.45) is 0 Å². The maximum Gasteiger partial charge on any atom is 0.138 e. The van der Waals surface area contributed by atoms with E-state index in [1.54, 1.807) is 0 Å². The number of benzene rings is 19. The number of hydrogen-bond acceptors (Lipinski definition) is 8. The lowest BCUT2D eigenvalue weighted by Gasteiger charge is -2.11. The van der Waals surface area contributed by atoms with Crippen molar-refractivity contribution in [2.75, 3.05) is 0 Å². The maximum absolute atomic E-state index is 5.94. The van der Waals surface area contributed by atoms with Gasteiger partial charge in [-0.2, -0.15) is 0 Å². The zero-order chi connectivity index (χ0) is 103. The minimum atomic E-state index is 0.457. The standard InChI is InChI=1S/C19H17N.4C15H14O.4C15H14S/c1-13(2)20-17-10-6-5-9-16(17)19-15-8-4-3-7-14(15)11-12-18(19)20;1-10(2)11-7-5-8-13-12-6-3-4-9-14(12)16-15(11)13;1-10(2)11-7-5-9-14-15(11)12-6-3-4-8-13(12)16-14;1-10(2)11-7-8-15-13(9-11)12-5-3-4-6-14(12)16-15;1-10(2)11-7-8-13-12-5-3-4-6-14(12)16-15(13)9-11;1-10(2)11-7-5-8-13-12-6-3-4-9-14(12)16-15(11)13;1-10(2)11-7-5-9-14-15(11)12-6-3-4-8-13(12)16-14;1-10(2)11-7-8-15-13(9-11)12-5-3-4-6-14(12)16-15;1-10(2)11-7-8-13-12-5-3-4-6-14(12)16-15(13)9-11/h3-13H,1-2H3;8*3-10H,1-2H3. The lowest BCUT2D eigenvalue weighted by molar-refractivity contribution is 0.642. The van der Waals surface area contributed by atoms with Crippen LogP contribution >= 0.6 is 45.3 Å². The molecule has 0 radical (unpaired) electrons. The second kappa shape index (κ2) is 44.2. The Bertz CT molecular complexity index is 9070. The van der Waals surface area contributed by atoms with Crippen LogP contribution in [-0.4, -0.2) is 4.57 Å². The molecule has 0 aliphatic heterocycles. The summed E-state index contributed by atoms with van der Waals surface area (Å²) in [5.74, 6) is 4.49. The number of furan rings is 4. The van der Waals surface area contributed by atoms with Gasteiger partial charge in [-0.15, -0.1) is 45.3 Å². The Balaban J connectivity index is 0.000000101. The summed E-state index contributed by atoms with van der Waals surface area (Å²) in [4.78, 5) is 0. The molecule has 0 aliphatic rings. The fraction of sp³-hybridized carbons (Fsp3) is 0.194. The number of thiophene rings is 4. The van der Waals surface area contributed by atoms with E-state index in [0.29, 0.717) is 53.4 Å². The summed E-state index contributed by atoms with van der Waals surface area (Å²) in [5.41, 5.74) is 21.7. The first-order valence-corrected chi connectivity index (χ1v) is 55.8. The highest BCUT2D eigenvalue weighted by atomic mass is 32.1. The van der Waals surface area contributed by atoms with Crippen LogP contribution < -0.4 is 0 Å². The van der Waals surface area contributed by atoms with Gasteiger partial charge in [0.1, 0.15) is 44.7 Å². The van der Waals surface area contributed by atoms with E-state index in [1.807, 2.05) is 106 Å². The van der Waals surface area contributed by atoms with E-state index in [4.69, 9.17) is 17.7 Å². The molecule has 0 unspecified atom stereocenters. The quantitative estimate of drug-likeness (QED) is 0.144. The van der Waals surface area contributed by atoms with Gasteiger partial charge in [-0.3, -0.25) is 0 Å². The Labute approximate surface area is 884 Å². The number of aromatic nitrogens is 1. The summed E-state index contributed by atoms with van der Waals surface area (Å²) in [6.45, 7) is 40.2. The number of para-hydroxylation sites is 6. The van der Waals surface area contributed by atoms with Gasteiger partial charge in [0.05, 0.1) is 0 Å². The summed E-state index contributed by atoms with van der Waals surface area (Å²) in [6.07, 6.45) is 0. The first-order chi connectivity index (χ1) is 71.9.